The summed E-state index contributed by atoms with van der Waals surface area (Å²) in [5, 5.41) is 0. The Labute approximate surface area is 91.0 Å². The van der Waals surface area contributed by atoms with Gasteiger partial charge in [0.15, 0.2) is 5.78 Å². The average Bonchev–Trinajstić information content (AvgIpc) is 2.16. The van der Waals surface area contributed by atoms with Gasteiger partial charge in [0.2, 0.25) is 0 Å². The SMILES string of the molecule is [CH2]CCC(=O)c1cccc(OC(F)(F)F)c1. The Morgan fingerprint density at radius 1 is 1.38 bits per heavy atom. The molecule has 0 aromatic heterocycles. The van der Waals surface area contributed by atoms with E-state index in [9.17, 15) is 18.0 Å². The number of hydrogen-bond donors (Lipinski definition) is 0. The Hall–Kier alpha value is -1.52. The fourth-order valence-electron chi connectivity index (χ4n) is 1.17. The zero-order valence-corrected chi connectivity index (χ0v) is 8.38. The van der Waals surface area contributed by atoms with Gasteiger partial charge in [-0.25, -0.2) is 0 Å². The lowest BCUT2D eigenvalue weighted by Crippen LogP contribution is -2.17. The minimum atomic E-state index is -4.74. The highest BCUT2D eigenvalue weighted by molar-refractivity contribution is 5.96. The van der Waals surface area contributed by atoms with Crippen LogP contribution in [-0.2, 0) is 0 Å². The second-order valence-corrected chi connectivity index (χ2v) is 3.10. The standard InChI is InChI=1S/C11H10F3O2/c1-2-4-10(15)8-5-3-6-9(7-8)16-11(12,13)14/h3,5-7H,1-2,4H2. The van der Waals surface area contributed by atoms with Crippen molar-refractivity contribution in [3.8, 4) is 5.75 Å². The van der Waals surface area contributed by atoms with Crippen molar-refractivity contribution in [3.05, 3.63) is 36.8 Å². The largest absolute Gasteiger partial charge is 0.573 e. The van der Waals surface area contributed by atoms with Gasteiger partial charge in [0.05, 0.1) is 0 Å². The molecule has 1 rings (SSSR count). The third-order valence-corrected chi connectivity index (χ3v) is 1.79. The first kappa shape index (κ1) is 12.5. The van der Waals surface area contributed by atoms with Crippen molar-refractivity contribution in [3.63, 3.8) is 0 Å². The minimum absolute atomic E-state index is 0.199. The molecule has 1 aromatic carbocycles. The number of alkyl halides is 3. The van der Waals surface area contributed by atoms with Crippen LogP contribution in [0, 0.1) is 6.92 Å². The molecule has 0 saturated carbocycles. The maximum absolute atomic E-state index is 11.9. The maximum Gasteiger partial charge on any atom is 0.573 e. The van der Waals surface area contributed by atoms with E-state index in [1.54, 1.807) is 0 Å². The van der Waals surface area contributed by atoms with Crippen molar-refractivity contribution in [2.45, 2.75) is 19.2 Å². The lowest BCUT2D eigenvalue weighted by atomic mass is 10.1. The third-order valence-electron chi connectivity index (χ3n) is 1.79. The number of halogens is 3. The fraction of sp³-hybridized carbons (Fsp3) is 0.273. The fourth-order valence-corrected chi connectivity index (χ4v) is 1.17. The van der Waals surface area contributed by atoms with Crippen LogP contribution in [0.1, 0.15) is 23.2 Å². The van der Waals surface area contributed by atoms with Crippen LogP contribution in [0.4, 0.5) is 13.2 Å². The predicted octanol–water partition coefficient (Wildman–Crippen LogP) is 3.38. The lowest BCUT2D eigenvalue weighted by Gasteiger charge is -2.09. The van der Waals surface area contributed by atoms with Gasteiger partial charge in [-0.05, 0) is 18.6 Å². The number of rotatable bonds is 4. The van der Waals surface area contributed by atoms with Gasteiger partial charge in [0.1, 0.15) is 5.75 Å². The first-order chi connectivity index (χ1) is 7.42. The van der Waals surface area contributed by atoms with Crippen LogP contribution in [0.2, 0.25) is 0 Å². The highest BCUT2D eigenvalue weighted by atomic mass is 19.4. The lowest BCUT2D eigenvalue weighted by molar-refractivity contribution is -0.274. The van der Waals surface area contributed by atoms with Gasteiger partial charge in [0.25, 0.3) is 0 Å². The summed E-state index contributed by atoms with van der Waals surface area (Å²) in [7, 11) is 0. The van der Waals surface area contributed by atoms with E-state index in [-0.39, 0.29) is 23.5 Å². The first-order valence-corrected chi connectivity index (χ1v) is 4.60. The van der Waals surface area contributed by atoms with Crippen molar-refractivity contribution in [2.75, 3.05) is 0 Å². The van der Waals surface area contributed by atoms with Gasteiger partial charge >= 0.3 is 6.36 Å². The summed E-state index contributed by atoms with van der Waals surface area (Å²) in [6.07, 6.45) is -4.13. The Bertz CT molecular complexity index is 372. The van der Waals surface area contributed by atoms with Crippen LogP contribution >= 0.6 is 0 Å². The molecule has 0 aliphatic heterocycles. The molecule has 0 unspecified atom stereocenters. The zero-order chi connectivity index (χ0) is 12.2. The monoisotopic (exact) mass is 231 g/mol. The quantitative estimate of drug-likeness (QED) is 0.742. The summed E-state index contributed by atoms with van der Waals surface area (Å²) in [5.74, 6) is -0.634. The summed E-state index contributed by atoms with van der Waals surface area (Å²) in [6.45, 7) is 3.50. The molecule has 16 heavy (non-hydrogen) atoms. The molecule has 0 N–H and O–H groups in total. The molecule has 0 heterocycles. The van der Waals surface area contributed by atoms with Crippen LogP contribution in [0.5, 0.6) is 5.75 Å². The number of Topliss-reactive ketones (excluding diaryl/α,β-unsaturated/α-hetero) is 1. The molecular weight excluding hydrogens is 221 g/mol. The van der Waals surface area contributed by atoms with E-state index in [1.807, 2.05) is 0 Å². The van der Waals surface area contributed by atoms with Crippen LogP contribution in [0.25, 0.3) is 0 Å². The summed E-state index contributed by atoms with van der Waals surface area (Å²) in [5.41, 5.74) is 0.199. The number of benzene rings is 1. The molecule has 0 bridgehead atoms. The van der Waals surface area contributed by atoms with E-state index >= 15 is 0 Å². The van der Waals surface area contributed by atoms with Gasteiger partial charge < -0.3 is 4.74 Å². The minimum Gasteiger partial charge on any atom is -0.406 e. The Morgan fingerprint density at radius 2 is 2.06 bits per heavy atom. The highest BCUT2D eigenvalue weighted by Gasteiger charge is 2.31. The van der Waals surface area contributed by atoms with Crippen molar-refractivity contribution in [1.82, 2.24) is 0 Å². The molecule has 0 amide bonds. The Kier molecular flexibility index (Phi) is 3.93. The molecule has 87 valence electrons. The molecule has 1 radical (unpaired) electrons. The molecule has 0 aliphatic rings. The summed E-state index contributed by atoms with van der Waals surface area (Å²) in [4.78, 5) is 11.4. The number of ketones is 1. The second-order valence-electron chi connectivity index (χ2n) is 3.10. The van der Waals surface area contributed by atoms with E-state index in [2.05, 4.69) is 11.7 Å². The van der Waals surface area contributed by atoms with Gasteiger partial charge in [-0.3, -0.25) is 4.79 Å². The van der Waals surface area contributed by atoms with Crippen LogP contribution in [-0.4, -0.2) is 12.1 Å². The van der Waals surface area contributed by atoms with Crippen molar-refractivity contribution < 1.29 is 22.7 Å². The van der Waals surface area contributed by atoms with Crippen molar-refractivity contribution >= 4 is 5.78 Å². The van der Waals surface area contributed by atoms with Gasteiger partial charge in [-0.2, -0.15) is 0 Å². The van der Waals surface area contributed by atoms with Crippen LogP contribution < -0.4 is 4.74 Å². The number of carbonyl (C=O) groups is 1. The van der Waals surface area contributed by atoms with E-state index in [0.29, 0.717) is 6.42 Å². The highest BCUT2D eigenvalue weighted by Crippen LogP contribution is 2.23. The molecule has 0 aliphatic carbocycles. The van der Waals surface area contributed by atoms with Crippen molar-refractivity contribution in [2.24, 2.45) is 0 Å². The molecule has 0 atom stereocenters. The van der Waals surface area contributed by atoms with E-state index in [1.165, 1.54) is 12.1 Å². The van der Waals surface area contributed by atoms with Gasteiger partial charge in [-0.1, -0.05) is 19.1 Å². The summed E-state index contributed by atoms with van der Waals surface area (Å²) < 4.78 is 39.4. The summed E-state index contributed by atoms with van der Waals surface area (Å²) in [6, 6.07) is 5.01. The molecule has 0 saturated heterocycles. The molecular formula is C11H10F3O2. The van der Waals surface area contributed by atoms with E-state index in [0.717, 1.165) is 12.1 Å². The van der Waals surface area contributed by atoms with E-state index in [4.69, 9.17) is 0 Å². The molecule has 0 fully saturated rings. The first-order valence-electron chi connectivity index (χ1n) is 4.60. The topological polar surface area (TPSA) is 26.3 Å². The number of carbonyl (C=O) groups excluding carboxylic acids is 1. The molecule has 2 nitrogen and oxygen atoms in total. The van der Waals surface area contributed by atoms with Gasteiger partial charge in [0, 0.05) is 12.0 Å². The second kappa shape index (κ2) is 5.01. The number of hydrogen-bond acceptors (Lipinski definition) is 2. The molecule has 5 heteroatoms. The van der Waals surface area contributed by atoms with Gasteiger partial charge in [-0.15, -0.1) is 13.2 Å². The Balaban J connectivity index is 2.83. The van der Waals surface area contributed by atoms with Crippen molar-refractivity contribution in [1.29, 1.82) is 0 Å². The Morgan fingerprint density at radius 3 is 2.62 bits per heavy atom. The maximum atomic E-state index is 11.9. The zero-order valence-electron chi connectivity index (χ0n) is 8.38. The van der Waals surface area contributed by atoms with Crippen LogP contribution in [0.3, 0.4) is 0 Å². The summed E-state index contributed by atoms with van der Waals surface area (Å²) >= 11 is 0. The normalized spacial score (nSPS) is 11.2. The predicted molar refractivity (Wildman–Crippen MR) is 52.0 cm³/mol. The third kappa shape index (κ3) is 3.92. The molecule has 1 aromatic rings. The van der Waals surface area contributed by atoms with E-state index < -0.39 is 6.36 Å². The van der Waals surface area contributed by atoms with Crippen LogP contribution in [0.15, 0.2) is 24.3 Å². The average molecular weight is 231 g/mol. The smallest absolute Gasteiger partial charge is 0.406 e. The number of ether oxygens (including phenoxy) is 1. The molecule has 0 spiro atoms.